The number of H-pyrrole nitrogens is 1. The molecule has 0 aliphatic carbocycles. The Morgan fingerprint density at radius 2 is 1.81 bits per heavy atom. The minimum atomic E-state index is -0.615. The third-order valence-electron chi connectivity index (χ3n) is 7.15. The van der Waals surface area contributed by atoms with Gasteiger partial charge in [0.25, 0.3) is 0 Å². The van der Waals surface area contributed by atoms with E-state index in [4.69, 9.17) is 27.9 Å². The number of fused-ring (bicyclic) bond motifs is 4. The van der Waals surface area contributed by atoms with E-state index >= 15 is 0 Å². The van der Waals surface area contributed by atoms with E-state index in [1.807, 2.05) is 42.5 Å². The highest BCUT2D eigenvalue weighted by atomic mass is 35.5. The molecule has 36 heavy (non-hydrogen) atoms. The largest absolute Gasteiger partial charge is 0.497 e. The van der Waals surface area contributed by atoms with Crippen LogP contribution in [-0.2, 0) is 22.6 Å². The number of ether oxygens (including phenoxy) is 1. The van der Waals surface area contributed by atoms with E-state index in [1.165, 1.54) is 0 Å². The van der Waals surface area contributed by atoms with Crippen LogP contribution in [0.15, 0.2) is 66.7 Å². The molecule has 8 heteroatoms. The molecule has 2 aliphatic heterocycles. The molecule has 4 aromatic rings. The van der Waals surface area contributed by atoms with Gasteiger partial charge in [-0.15, -0.1) is 0 Å². The van der Waals surface area contributed by atoms with Crippen LogP contribution in [0.4, 0.5) is 0 Å². The predicted molar refractivity (Wildman–Crippen MR) is 139 cm³/mol. The lowest BCUT2D eigenvalue weighted by Crippen LogP contribution is -2.62. The van der Waals surface area contributed by atoms with Crippen LogP contribution in [0, 0.1) is 0 Å². The van der Waals surface area contributed by atoms with Gasteiger partial charge < -0.3 is 19.5 Å². The van der Waals surface area contributed by atoms with Crippen molar-refractivity contribution in [3.63, 3.8) is 0 Å². The lowest BCUT2D eigenvalue weighted by Gasteiger charge is -2.47. The van der Waals surface area contributed by atoms with Gasteiger partial charge in [-0.05, 0) is 47.0 Å². The minimum Gasteiger partial charge on any atom is -0.497 e. The van der Waals surface area contributed by atoms with E-state index in [-0.39, 0.29) is 24.9 Å². The Bertz CT molecular complexity index is 1500. The summed E-state index contributed by atoms with van der Waals surface area (Å²) in [6.45, 7) is 0.232. The molecule has 0 spiro atoms. The van der Waals surface area contributed by atoms with Gasteiger partial charge in [-0.2, -0.15) is 0 Å². The maximum Gasteiger partial charge on any atom is 0.246 e. The summed E-state index contributed by atoms with van der Waals surface area (Å²) < 4.78 is 5.34. The van der Waals surface area contributed by atoms with Crippen molar-refractivity contribution in [3.05, 3.63) is 99.2 Å². The summed E-state index contributed by atoms with van der Waals surface area (Å²) >= 11 is 12.4. The van der Waals surface area contributed by atoms with Crippen LogP contribution in [0.25, 0.3) is 10.9 Å². The van der Waals surface area contributed by atoms with Crippen LogP contribution in [0.5, 0.6) is 5.75 Å². The van der Waals surface area contributed by atoms with Crippen LogP contribution in [-0.4, -0.2) is 46.3 Å². The SMILES string of the molecule is COc1ccc(C2c3[nH]c4ccccc4c3C[C@H]3C(=O)N(Cc4ccc(Cl)cc4Cl)CC(=O)N23)cc1. The molecule has 0 saturated carbocycles. The minimum absolute atomic E-state index is 0.0174. The molecule has 0 radical (unpaired) electrons. The number of piperazine rings is 1. The van der Waals surface area contributed by atoms with Crippen molar-refractivity contribution in [2.24, 2.45) is 0 Å². The number of methoxy groups -OCH3 is 1. The molecule has 3 heterocycles. The molecular formula is C28H23Cl2N3O3. The number of hydrogen-bond donors (Lipinski definition) is 1. The van der Waals surface area contributed by atoms with Gasteiger partial charge in [-0.25, -0.2) is 0 Å². The van der Waals surface area contributed by atoms with Gasteiger partial charge in [0.05, 0.1) is 13.2 Å². The van der Waals surface area contributed by atoms with Crippen LogP contribution < -0.4 is 4.74 Å². The fraction of sp³-hybridized carbons (Fsp3) is 0.214. The van der Waals surface area contributed by atoms with Crippen LogP contribution in [0.1, 0.15) is 28.4 Å². The van der Waals surface area contributed by atoms with Gasteiger partial charge in [-0.3, -0.25) is 9.59 Å². The summed E-state index contributed by atoms with van der Waals surface area (Å²) in [5, 5.41) is 2.07. The lowest BCUT2D eigenvalue weighted by molar-refractivity contribution is -0.159. The molecule has 1 unspecified atom stereocenters. The Hall–Kier alpha value is -3.48. The number of nitrogens with one attached hydrogen (secondary N) is 1. The number of aromatic amines is 1. The highest BCUT2D eigenvalue weighted by Gasteiger charge is 2.48. The normalized spacial score (nSPS) is 19.4. The third kappa shape index (κ3) is 3.72. The fourth-order valence-corrected chi connectivity index (χ4v) is 5.91. The van der Waals surface area contributed by atoms with Crippen molar-refractivity contribution in [2.75, 3.05) is 13.7 Å². The highest BCUT2D eigenvalue weighted by Crippen LogP contribution is 2.43. The summed E-state index contributed by atoms with van der Waals surface area (Å²) in [4.78, 5) is 34.4. The Kier molecular flexibility index (Phi) is 5.66. The summed E-state index contributed by atoms with van der Waals surface area (Å²) in [6.07, 6.45) is 0.446. The van der Waals surface area contributed by atoms with E-state index in [0.717, 1.165) is 39.0 Å². The zero-order valence-electron chi connectivity index (χ0n) is 19.5. The van der Waals surface area contributed by atoms with Crippen molar-refractivity contribution >= 4 is 45.9 Å². The maximum atomic E-state index is 13.9. The van der Waals surface area contributed by atoms with Gasteiger partial charge in [0.1, 0.15) is 18.3 Å². The molecule has 2 aliphatic rings. The topological polar surface area (TPSA) is 65.6 Å². The number of aromatic nitrogens is 1. The molecule has 3 aromatic carbocycles. The molecule has 1 aromatic heterocycles. The molecule has 6 rings (SSSR count). The zero-order valence-corrected chi connectivity index (χ0v) is 21.0. The van der Waals surface area contributed by atoms with Crippen LogP contribution >= 0.6 is 23.2 Å². The fourth-order valence-electron chi connectivity index (χ4n) is 5.45. The third-order valence-corrected chi connectivity index (χ3v) is 7.74. The summed E-state index contributed by atoms with van der Waals surface area (Å²) in [7, 11) is 1.62. The van der Waals surface area contributed by atoms with Gasteiger partial charge >= 0.3 is 0 Å². The number of nitrogens with zero attached hydrogens (tertiary/aromatic N) is 2. The van der Waals surface area contributed by atoms with Crippen LogP contribution in [0.2, 0.25) is 10.0 Å². The maximum absolute atomic E-state index is 13.9. The average Bonchev–Trinajstić information content (AvgIpc) is 3.26. The van der Waals surface area contributed by atoms with E-state index in [9.17, 15) is 9.59 Å². The first-order chi connectivity index (χ1) is 17.4. The molecule has 2 amide bonds. The highest BCUT2D eigenvalue weighted by molar-refractivity contribution is 6.35. The van der Waals surface area contributed by atoms with Crippen molar-refractivity contribution in [2.45, 2.75) is 25.0 Å². The number of amides is 2. The number of carbonyl (C=O) groups is 2. The van der Waals surface area contributed by atoms with Crippen molar-refractivity contribution in [1.29, 1.82) is 0 Å². The molecule has 1 N–H and O–H groups in total. The zero-order chi connectivity index (χ0) is 25.0. The predicted octanol–water partition coefficient (Wildman–Crippen LogP) is 5.37. The van der Waals surface area contributed by atoms with Gasteiger partial charge in [-0.1, -0.05) is 59.6 Å². The molecule has 0 bridgehead atoms. The first kappa shape index (κ1) is 23.0. The molecule has 6 nitrogen and oxygen atoms in total. The summed E-state index contributed by atoms with van der Waals surface area (Å²) in [5.74, 6) is 0.542. The molecular weight excluding hydrogens is 497 g/mol. The van der Waals surface area contributed by atoms with Crippen molar-refractivity contribution < 1.29 is 14.3 Å². The van der Waals surface area contributed by atoms with Gasteiger partial charge in [0, 0.05) is 39.6 Å². The first-order valence-electron chi connectivity index (χ1n) is 11.7. The van der Waals surface area contributed by atoms with E-state index in [0.29, 0.717) is 16.5 Å². The monoisotopic (exact) mass is 519 g/mol. The smallest absolute Gasteiger partial charge is 0.246 e. The number of halogens is 2. The van der Waals surface area contributed by atoms with Crippen molar-refractivity contribution in [3.8, 4) is 5.75 Å². The quantitative estimate of drug-likeness (QED) is 0.394. The van der Waals surface area contributed by atoms with Crippen LogP contribution in [0.3, 0.4) is 0 Å². The Labute approximate surface area is 218 Å². The molecule has 182 valence electrons. The van der Waals surface area contributed by atoms with E-state index in [1.54, 1.807) is 35.1 Å². The average molecular weight is 520 g/mol. The Morgan fingerprint density at radius 1 is 1.03 bits per heavy atom. The lowest BCUT2D eigenvalue weighted by atomic mass is 9.86. The number of carbonyl (C=O) groups excluding carboxylic acids is 2. The second-order valence-electron chi connectivity index (χ2n) is 9.19. The number of rotatable bonds is 4. The van der Waals surface area contributed by atoms with Gasteiger partial charge in [0.2, 0.25) is 11.8 Å². The number of benzene rings is 3. The summed E-state index contributed by atoms with van der Waals surface area (Å²) in [6, 6.07) is 19.9. The number of hydrogen-bond acceptors (Lipinski definition) is 3. The van der Waals surface area contributed by atoms with E-state index < -0.39 is 12.1 Å². The van der Waals surface area contributed by atoms with Gasteiger partial charge in [0.15, 0.2) is 0 Å². The second-order valence-corrected chi connectivity index (χ2v) is 10.0. The Morgan fingerprint density at radius 3 is 2.56 bits per heavy atom. The van der Waals surface area contributed by atoms with Crippen molar-refractivity contribution in [1.82, 2.24) is 14.8 Å². The standard InChI is InChI=1S/C28H23Cl2N3O3/c1-36-19-10-7-16(8-11-19)27-26-21(20-4-2-3-5-23(20)31-26)13-24-28(35)32(15-25(34)33(24)27)14-17-6-9-18(29)12-22(17)30/h2-12,24,27,31H,13-15H2,1H3/t24-,27?/m0/s1. The first-order valence-corrected chi connectivity index (χ1v) is 12.5. The number of para-hydroxylation sites is 1. The summed E-state index contributed by atoms with van der Waals surface area (Å²) in [5.41, 5.74) is 4.69. The van der Waals surface area contributed by atoms with E-state index in [2.05, 4.69) is 11.1 Å². The second kappa shape index (κ2) is 8.87. The molecule has 2 atom stereocenters. The Balaban J connectivity index is 1.43. The molecule has 1 saturated heterocycles. The molecule has 1 fully saturated rings.